The van der Waals surface area contributed by atoms with Crippen LogP contribution in [-0.4, -0.2) is 21.5 Å². The third-order valence-corrected chi connectivity index (χ3v) is 2.95. The monoisotopic (exact) mass is 199 g/mol. The van der Waals surface area contributed by atoms with Crippen molar-refractivity contribution in [3.8, 4) is 0 Å². The van der Waals surface area contributed by atoms with Crippen LogP contribution in [0.4, 0.5) is 0 Å². The number of nitrogens with one attached hydrogen (secondary N) is 2. The van der Waals surface area contributed by atoms with Crippen LogP contribution < -0.4 is 10.5 Å². The van der Waals surface area contributed by atoms with Crippen molar-refractivity contribution in [1.82, 2.24) is 10.5 Å². The molecule has 0 fully saturated rings. The molecule has 4 nitrogen and oxygen atoms in total. The molecule has 0 aliphatic carbocycles. The molecule has 13 heavy (non-hydrogen) atoms. The van der Waals surface area contributed by atoms with Crippen molar-refractivity contribution in [1.29, 1.82) is 0 Å². The van der Waals surface area contributed by atoms with Crippen LogP contribution >= 0.6 is 0 Å². The lowest BCUT2D eigenvalue weighted by Crippen LogP contribution is -2.26. The van der Waals surface area contributed by atoms with E-state index in [-0.39, 0.29) is 18.0 Å². The molecule has 0 saturated heterocycles. The molecule has 71 valence electrons. The summed E-state index contributed by atoms with van der Waals surface area (Å²) in [5.74, 6) is 0. The lowest BCUT2D eigenvalue weighted by atomic mass is 10.4. The predicted molar refractivity (Wildman–Crippen MR) is 49.6 cm³/mol. The van der Waals surface area contributed by atoms with Gasteiger partial charge in [-0.25, -0.2) is 13.1 Å². The van der Waals surface area contributed by atoms with Crippen LogP contribution in [0.5, 0.6) is 0 Å². The third kappa shape index (κ3) is 2.80. The molecule has 0 bridgehead atoms. The van der Waals surface area contributed by atoms with Gasteiger partial charge in [-0.1, -0.05) is 18.2 Å². The molecule has 1 radical (unpaired) electrons. The van der Waals surface area contributed by atoms with Gasteiger partial charge in [-0.15, -0.1) is 0 Å². The minimum Gasteiger partial charge on any atom is -0.256 e. The highest BCUT2D eigenvalue weighted by Gasteiger charge is 2.10. The Balaban J connectivity index is 2.83. The first kappa shape index (κ1) is 10.2. The van der Waals surface area contributed by atoms with Crippen LogP contribution in [0.15, 0.2) is 35.2 Å². The summed E-state index contributed by atoms with van der Waals surface area (Å²) >= 11 is 0. The summed E-state index contributed by atoms with van der Waals surface area (Å²) in [6.07, 6.45) is 0. The summed E-state index contributed by atoms with van der Waals surface area (Å²) in [4.78, 5) is 0.239. The molecule has 0 saturated carbocycles. The van der Waals surface area contributed by atoms with E-state index in [9.17, 15) is 8.42 Å². The zero-order valence-corrected chi connectivity index (χ0v) is 7.84. The number of hydrogen-bond acceptors (Lipinski definition) is 2. The van der Waals surface area contributed by atoms with E-state index in [2.05, 4.69) is 4.72 Å². The summed E-state index contributed by atoms with van der Waals surface area (Å²) in [7, 11) is -3.39. The van der Waals surface area contributed by atoms with Crippen LogP contribution in [0.25, 0.3) is 0 Å². The van der Waals surface area contributed by atoms with E-state index in [4.69, 9.17) is 5.73 Å². The highest BCUT2D eigenvalue weighted by Crippen LogP contribution is 2.05. The minimum absolute atomic E-state index is 0.0477. The Hall–Kier alpha value is -0.910. The molecule has 0 aliphatic rings. The lowest BCUT2D eigenvalue weighted by Gasteiger charge is -2.03. The molecule has 0 heterocycles. The summed E-state index contributed by atoms with van der Waals surface area (Å²) in [6, 6.07) is 8.12. The van der Waals surface area contributed by atoms with Gasteiger partial charge in [-0.05, 0) is 12.1 Å². The first-order valence-corrected chi connectivity index (χ1v) is 5.34. The normalized spacial score (nSPS) is 11.5. The van der Waals surface area contributed by atoms with Gasteiger partial charge in [0.15, 0.2) is 0 Å². The van der Waals surface area contributed by atoms with E-state index in [0.717, 1.165) is 0 Å². The Morgan fingerprint density at radius 3 is 2.38 bits per heavy atom. The fourth-order valence-electron chi connectivity index (χ4n) is 0.868. The Labute approximate surface area is 77.8 Å². The highest BCUT2D eigenvalue weighted by molar-refractivity contribution is 7.89. The molecule has 1 aromatic rings. The summed E-state index contributed by atoms with van der Waals surface area (Å²) in [5.41, 5.74) is 6.82. The van der Waals surface area contributed by atoms with Gasteiger partial charge >= 0.3 is 0 Å². The van der Waals surface area contributed by atoms with Crippen molar-refractivity contribution in [3.05, 3.63) is 30.3 Å². The molecular weight excluding hydrogens is 188 g/mol. The molecule has 2 N–H and O–H groups in total. The van der Waals surface area contributed by atoms with Crippen molar-refractivity contribution in [2.24, 2.45) is 0 Å². The Morgan fingerprint density at radius 1 is 1.23 bits per heavy atom. The molecule has 0 aromatic heterocycles. The standard InChI is InChI=1S/C8H11N2O2S/c9-6-7-10-13(11,12)8-4-2-1-3-5-8/h1-5,9-10H,6-7H2. The van der Waals surface area contributed by atoms with Crippen molar-refractivity contribution in [2.75, 3.05) is 13.1 Å². The second kappa shape index (κ2) is 4.36. The zero-order chi connectivity index (χ0) is 9.73. The summed E-state index contributed by atoms with van der Waals surface area (Å²) in [6.45, 7) is 0.198. The van der Waals surface area contributed by atoms with E-state index >= 15 is 0 Å². The number of benzene rings is 1. The van der Waals surface area contributed by atoms with Crippen LogP contribution in [0.3, 0.4) is 0 Å². The quantitative estimate of drug-likeness (QED) is 0.755. The minimum atomic E-state index is -3.39. The molecule has 0 atom stereocenters. The van der Waals surface area contributed by atoms with Gasteiger partial charge in [0, 0.05) is 13.1 Å². The largest absolute Gasteiger partial charge is 0.256 e. The van der Waals surface area contributed by atoms with Gasteiger partial charge in [-0.3, -0.25) is 5.73 Å². The SMILES string of the molecule is [NH]CCNS(=O)(=O)c1ccccc1. The van der Waals surface area contributed by atoms with Crippen LogP contribution in [0, 0.1) is 0 Å². The molecule has 0 spiro atoms. The van der Waals surface area contributed by atoms with E-state index < -0.39 is 10.0 Å². The number of sulfonamides is 1. The molecular formula is C8H11N2O2S. The molecule has 0 aliphatic heterocycles. The molecule has 1 rings (SSSR count). The van der Waals surface area contributed by atoms with E-state index in [1.54, 1.807) is 18.2 Å². The maximum Gasteiger partial charge on any atom is 0.240 e. The maximum atomic E-state index is 11.4. The first-order chi connectivity index (χ1) is 6.17. The summed E-state index contributed by atoms with van der Waals surface area (Å²) < 4.78 is 25.1. The van der Waals surface area contributed by atoms with Gasteiger partial charge in [0.25, 0.3) is 0 Å². The molecule has 0 amide bonds. The van der Waals surface area contributed by atoms with Crippen LogP contribution in [0.2, 0.25) is 0 Å². The number of hydrogen-bond donors (Lipinski definition) is 1. The average molecular weight is 199 g/mol. The highest BCUT2D eigenvalue weighted by atomic mass is 32.2. The van der Waals surface area contributed by atoms with Crippen LogP contribution in [-0.2, 0) is 10.0 Å². The summed E-state index contributed by atoms with van der Waals surface area (Å²) in [5, 5.41) is 0. The fraction of sp³-hybridized carbons (Fsp3) is 0.250. The Morgan fingerprint density at radius 2 is 1.85 bits per heavy atom. The van der Waals surface area contributed by atoms with Crippen molar-refractivity contribution < 1.29 is 8.42 Å². The molecule has 1 aromatic carbocycles. The Bertz CT molecular complexity index is 348. The van der Waals surface area contributed by atoms with Gasteiger partial charge in [0.2, 0.25) is 10.0 Å². The van der Waals surface area contributed by atoms with E-state index in [1.165, 1.54) is 12.1 Å². The average Bonchev–Trinajstić information content (AvgIpc) is 2.16. The second-order valence-electron chi connectivity index (χ2n) is 2.46. The fourth-order valence-corrected chi connectivity index (χ4v) is 1.92. The number of rotatable bonds is 4. The molecule has 0 unspecified atom stereocenters. The van der Waals surface area contributed by atoms with Crippen molar-refractivity contribution in [3.63, 3.8) is 0 Å². The van der Waals surface area contributed by atoms with E-state index in [1.807, 2.05) is 0 Å². The predicted octanol–water partition coefficient (Wildman–Crippen LogP) is 0.248. The van der Waals surface area contributed by atoms with E-state index in [0.29, 0.717) is 0 Å². The smallest absolute Gasteiger partial charge is 0.240 e. The molecule has 5 heteroatoms. The van der Waals surface area contributed by atoms with Gasteiger partial charge < -0.3 is 0 Å². The van der Waals surface area contributed by atoms with Gasteiger partial charge in [0.1, 0.15) is 0 Å². The lowest BCUT2D eigenvalue weighted by molar-refractivity contribution is 0.582. The van der Waals surface area contributed by atoms with Crippen molar-refractivity contribution in [2.45, 2.75) is 4.90 Å². The topological polar surface area (TPSA) is 70.0 Å². The second-order valence-corrected chi connectivity index (χ2v) is 4.23. The van der Waals surface area contributed by atoms with Gasteiger partial charge in [-0.2, -0.15) is 0 Å². The Kier molecular flexibility index (Phi) is 3.41. The van der Waals surface area contributed by atoms with Crippen LogP contribution in [0.1, 0.15) is 0 Å². The van der Waals surface area contributed by atoms with Crippen molar-refractivity contribution >= 4 is 10.0 Å². The first-order valence-electron chi connectivity index (χ1n) is 3.86. The third-order valence-electron chi connectivity index (χ3n) is 1.47. The van der Waals surface area contributed by atoms with Gasteiger partial charge in [0.05, 0.1) is 4.90 Å². The maximum absolute atomic E-state index is 11.4. The zero-order valence-electron chi connectivity index (χ0n) is 7.03.